The molecule has 0 saturated carbocycles. The number of halogens is 6. The second-order valence-electron chi connectivity index (χ2n) is 2.82. The summed E-state index contributed by atoms with van der Waals surface area (Å²) in [7, 11) is 0. The van der Waals surface area contributed by atoms with Gasteiger partial charge in [-0.3, -0.25) is 0 Å². The minimum atomic E-state index is -2.37. The summed E-state index contributed by atoms with van der Waals surface area (Å²) in [5.74, 6) is -12.1. The molecule has 0 N–H and O–H groups in total. The number of ether oxygens (including phenoxy) is 1. The van der Waals surface area contributed by atoms with Crippen molar-refractivity contribution >= 4 is 11.8 Å². The van der Waals surface area contributed by atoms with Crippen LogP contribution in [0.5, 0.6) is 0 Å². The van der Waals surface area contributed by atoms with Gasteiger partial charge in [0.15, 0.2) is 0 Å². The van der Waals surface area contributed by atoms with E-state index in [0.29, 0.717) is 0 Å². The van der Waals surface area contributed by atoms with Crippen molar-refractivity contribution in [2.24, 2.45) is 0 Å². The van der Waals surface area contributed by atoms with Crippen LogP contribution in [-0.4, -0.2) is 18.3 Å². The number of benzene rings is 1. The summed E-state index contributed by atoms with van der Waals surface area (Å²) < 4.78 is 77.1. The Labute approximate surface area is 96.8 Å². The highest BCUT2D eigenvalue weighted by Crippen LogP contribution is 2.20. The van der Waals surface area contributed by atoms with Gasteiger partial charge in [-0.15, -0.1) is 11.8 Å². The van der Waals surface area contributed by atoms with Gasteiger partial charge in [0.1, 0.15) is 0 Å². The summed E-state index contributed by atoms with van der Waals surface area (Å²) in [6.07, 6.45) is 0. The SMILES string of the molecule is C1CSCO1.Fc1c(F)c(F)c(F)c(F)c1F. The Bertz CT molecular complexity index is 294. The van der Waals surface area contributed by atoms with Crippen LogP contribution in [0.2, 0.25) is 0 Å². The number of hydrogen-bond donors (Lipinski definition) is 0. The monoisotopic (exact) mass is 276 g/mol. The molecule has 0 aromatic heterocycles. The molecule has 0 aliphatic carbocycles. The molecular weight excluding hydrogens is 270 g/mol. The minimum absolute atomic E-state index is 0.917. The first-order valence-electron chi connectivity index (χ1n) is 4.29. The third-order valence-electron chi connectivity index (χ3n) is 1.69. The zero-order valence-corrected chi connectivity index (χ0v) is 9.02. The van der Waals surface area contributed by atoms with Crippen molar-refractivity contribution in [1.82, 2.24) is 0 Å². The van der Waals surface area contributed by atoms with E-state index in [1.807, 2.05) is 11.8 Å². The van der Waals surface area contributed by atoms with Crippen LogP contribution in [-0.2, 0) is 4.74 Å². The van der Waals surface area contributed by atoms with Crippen molar-refractivity contribution in [2.75, 3.05) is 18.3 Å². The molecule has 0 amide bonds. The third kappa shape index (κ3) is 3.29. The smallest absolute Gasteiger partial charge is 0.200 e. The van der Waals surface area contributed by atoms with Crippen LogP contribution in [0.4, 0.5) is 26.3 Å². The van der Waals surface area contributed by atoms with Crippen LogP contribution in [0.15, 0.2) is 0 Å². The van der Waals surface area contributed by atoms with Crippen LogP contribution in [0.3, 0.4) is 0 Å². The summed E-state index contributed by atoms with van der Waals surface area (Å²) in [4.78, 5) is 0. The van der Waals surface area contributed by atoms with Crippen LogP contribution < -0.4 is 0 Å². The maximum absolute atomic E-state index is 12.0. The molecule has 1 aromatic rings. The van der Waals surface area contributed by atoms with Gasteiger partial charge in [0.05, 0.1) is 12.5 Å². The fourth-order valence-corrected chi connectivity index (χ4v) is 1.46. The first kappa shape index (κ1) is 14.2. The predicted molar refractivity (Wildman–Crippen MR) is 49.5 cm³/mol. The molecule has 2 rings (SSSR count). The zero-order valence-electron chi connectivity index (χ0n) is 8.21. The van der Waals surface area contributed by atoms with Crippen LogP contribution >= 0.6 is 11.8 Å². The third-order valence-corrected chi connectivity index (χ3v) is 2.48. The van der Waals surface area contributed by atoms with E-state index in [9.17, 15) is 26.3 Å². The second-order valence-corrected chi connectivity index (χ2v) is 3.87. The van der Waals surface area contributed by atoms with Crippen LogP contribution in [0.1, 0.15) is 0 Å². The topological polar surface area (TPSA) is 9.23 Å². The van der Waals surface area contributed by atoms with Crippen molar-refractivity contribution in [3.63, 3.8) is 0 Å². The quantitative estimate of drug-likeness (QED) is 0.409. The minimum Gasteiger partial charge on any atom is -0.370 e. The number of thioether (sulfide) groups is 1. The summed E-state index contributed by atoms with van der Waals surface area (Å²) in [6.45, 7) is 0.963. The second kappa shape index (κ2) is 6.15. The molecule has 1 aliphatic rings. The molecule has 8 heteroatoms. The molecule has 0 unspecified atom stereocenters. The lowest BCUT2D eigenvalue weighted by molar-refractivity contribution is 0.217. The Morgan fingerprint density at radius 1 is 0.706 bits per heavy atom. The van der Waals surface area contributed by atoms with Crippen molar-refractivity contribution < 1.29 is 31.1 Å². The molecular formula is C9H6F6OS. The Kier molecular flexibility index (Phi) is 5.13. The van der Waals surface area contributed by atoms with Crippen LogP contribution in [0, 0.1) is 34.9 Å². The molecule has 0 spiro atoms. The van der Waals surface area contributed by atoms with E-state index in [1.54, 1.807) is 0 Å². The maximum atomic E-state index is 12.0. The molecule has 96 valence electrons. The molecule has 17 heavy (non-hydrogen) atoms. The Balaban J connectivity index is 0.000000239. The summed E-state index contributed by atoms with van der Waals surface area (Å²) in [5.41, 5.74) is 0. The van der Waals surface area contributed by atoms with E-state index in [2.05, 4.69) is 0 Å². The van der Waals surface area contributed by atoms with Gasteiger partial charge in [0.25, 0.3) is 0 Å². The van der Waals surface area contributed by atoms with Crippen molar-refractivity contribution in [2.45, 2.75) is 0 Å². The Hall–Kier alpha value is -0.890. The fraction of sp³-hybridized carbons (Fsp3) is 0.333. The first-order chi connectivity index (χ1) is 7.96. The Morgan fingerprint density at radius 2 is 1.06 bits per heavy atom. The van der Waals surface area contributed by atoms with E-state index in [1.165, 1.54) is 5.75 Å². The highest BCUT2D eigenvalue weighted by atomic mass is 32.2. The summed E-state index contributed by atoms with van der Waals surface area (Å²) >= 11 is 1.85. The lowest BCUT2D eigenvalue weighted by Crippen LogP contribution is -2.04. The lowest BCUT2D eigenvalue weighted by atomic mass is 10.3. The lowest BCUT2D eigenvalue weighted by Gasteiger charge is -1.99. The standard InChI is InChI=1S/C6F6.C3H6OS/c7-1-2(8)4(10)6(12)5(11)3(1)9;1-2-5-3-4-1/h;1-3H2. The van der Waals surface area contributed by atoms with Crippen molar-refractivity contribution in [1.29, 1.82) is 0 Å². The molecule has 1 saturated heterocycles. The molecule has 1 fully saturated rings. The summed E-state index contributed by atoms with van der Waals surface area (Å²) in [6, 6.07) is 0. The summed E-state index contributed by atoms with van der Waals surface area (Å²) in [5, 5.41) is 0. The largest absolute Gasteiger partial charge is 0.370 e. The number of rotatable bonds is 0. The molecule has 1 aromatic carbocycles. The molecule has 1 aliphatic heterocycles. The van der Waals surface area contributed by atoms with Gasteiger partial charge in [0, 0.05) is 5.75 Å². The van der Waals surface area contributed by atoms with Crippen molar-refractivity contribution in [3.8, 4) is 0 Å². The fourth-order valence-electron chi connectivity index (χ4n) is 0.873. The van der Waals surface area contributed by atoms with E-state index in [4.69, 9.17) is 4.74 Å². The van der Waals surface area contributed by atoms with Gasteiger partial charge in [0.2, 0.25) is 34.9 Å². The molecule has 0 atom stereocenters. The molecule has 1 nitrogen and oxygen atoms in total. The first-order valence-corrected chi connectivity index (χ1v) is 5.44. The Morgan fingerprint density at radius 3 is 1.18 bits per heavy atom. The van der Waals surface area contributed by atoms with Gasteiger partial charge < -0.3 is 4.74 Å². The predicted octanol–water partition coefficient (Wildman–Crippen LogP) is 3.23. The van der Waals surface area contributed by atoms with Gasteiger partial charge in [-0.2, -0.15) is 0 Å². The average molecular weight is 276 g/mol. The van der Waals surface area contributed by atoms with E-state index >= 15 is 0 Å². The van der Waals surface area contributed by atoms with E-state index in [-0.39, 0.29) is 0 Å². The van der Waals surface area contributed by atoms with Crippen molar-refractivity contribution in [3.05, 3.63) is 34.9 Å². The molecule has 1 heterocycles. The highest BCUT2D eigenvalue weighted by Gasteiger charge is 2.25. The van der Waals surface area contributed by atoms with Gasteiger partial charge in [-0.25, -0.2) is 26.3 Å². The van der Waals surface area contributed by atoms with E-state index in [0.717, 1.165) is 12.5 Å². The van der Waals surface area contributed by atoms with Crippen LogP contribution in [0.25, 0.3) is 0 Å². The van der Waals surface area contributed by atoms with Gasteiger partial charge in [-0.1, -0.05) is 0 Å². The molecule has 0 bridgehead atoms. The highest BCUT2D eigenvalue weighted by molar-refractivity contribution is 7.99. The number of hydrogen-bond acceptors (Lipinski definition) is 2. The molecule has 0 radical (unpaired) electrons. The van der Waals surface area contributed by atoms with Gasteiger partial charge >= 0.3 is 0 Å². The van der Waals surface area contributed by atoms with E-state index < -0.39 is 34.9 Å². The normalized spacial score (nSPS) is 14.5. The van der Waals surface area contributed by atoms with Gasteiger partial charge in [-0.05, 0) is 0 Å². The average Bonchev–Trinajstić information content (AvgIpc) is 2.90. The zero-order chi connectivity index (χ0) is 13.0. The maximum Gasteiger partial charge on any atom is 0.200 e.